The maximum absolute atomic E-state index is 11.9. The normalized spacial score (nSPS) is 23.6. The zero-order chi connectivity index (χ0) is 15.6. The van der Waals surface area contributed by atoms with E-state index in [1.807, 2.05) is 6.92 Å². The molecule has 0 saturated carbocycles. The van der Waals surface area contributed by atoms with Gasteiger partial charge in [0.1, 0.15) is 0 Å². The number of halogens is 1. The van der Waals surface area contributed by atoms with Gasteiger partial charge in [-0.2, -0.15) is 0 Å². The van der Waals surface area contributed by atoms with Gasteiger partial charge in [0.05, 0.1) is 0 Å². The number of nitrogens with zero attached hydrogens (tertiary/aromatic N) is 1. The summed E-state index contributed by atoms with van der Waals surface area (Å²) >= 11 is 0. The summed E-state index contributed by atoms with van der Waals surface area (Å²) in [4.78, 5) is 14.3. The molecule has 6 nitrogen and oxygen atoms in total. The topological polar surface area (TPSA) is 104 Å². The van der Waals surface area contributed by atoms with Gasteiger partial charge in [-0.3, -0.25) is 4.79 Å². The fraction of sp³-hybridized carbons (Fsp3) is 0.769. The number of ketones is 1. The molecule has 0 aromatic carbocycles. The second-order valence-corrected chi connectivity index (χ2v) is 7.01. The molecule has 0 bridgehead atoms. The van der Waals surface area contributed by atoms with Gasteiger partial charge in [-0.25, -0.2) is 0 Å². The summed E-state index contributed by atoms with van der Waals surface area (Å²) in [5.41, 5.74) is 2.51. The molecule has 0 aromatic rings. The average Bonchev–Trinajstić information content (AvgIpc) is 2.73. The van der Waals surface area contributed by atoms with E-state index in [2.05, 4.69) is 18.7 Å². The van der Waals surface area contributed by atoms with E-state index in [1.54, 1.807) is 0 Å². The zero-order valence-electron chi connectivity index (χ0n) is 12.2. The molecule has 2 rings (SSSR count). The monoisotopic (exact) mass is 309 g/mol. The van der Waals surface area contributed by atoms with E-state index < -0.39 is 10.2 Å². The molecular weight excluding hydrogens is 286 g/mol. The molecule has 118 valence electrons. The molecule has 7 heteroatoms. The minimum absolute atomic E-state index is 0.161. The van der Waals surface area contributed by atoms with Gasteiger partial charge in [0.25, 0.3) is 0 Å². The van der Waals surface area contributed by atoms with Crippen molar-refractivity contribution in [3.05, 3.63) is 11.3 Å². The Labute approximate surface area is 121 Å². The van der Waals surface area contributed by atoms with Crippen LogP contribution in [0.1, 0.15) is 46.5 Å². The summed E-state index contributed by atoms with van der Waals surface area (Å²) in [5.74, 6) is 0.355. The summed E-state index contributed by atoms with van der Waals surface area (Å²) in [7, 11) is -4.19. The van der Waals surface area contributed by atoms with Gasteiger partial charge < -0.3 is 4.90 Å². The Morgan fingerprint density at radius 1 is 1.15 bits per heavy atom. The Balaban J connectivity index is 0.000000347. The summed E-state index contributed by atoms with van der Waals surface area (Å²) in [6.07, 6.45) is 4.36. The maximum atomic E-state index is 11.9. The number of carbonyl (C=O) groups excluding carboxylic acids is 1. The molecule has 0 amide bonds. The van der Waals surface area contributed by atoms with E-state index in [4.69, 9.17) is 18.6 Å². The molecular formula is C13H24ClNO5. The Kier molecular flexibility index (Phi) is 5.57. The van der Waals surface area contributed by atoms with Gasteiger partial charge in [0.2, 0.25) is 0 Å². The standard InChI is InChI=1S/C13H21NO.ClH3O4/c1-10-11(14-6-4-5-7-14)8-13(2,3)9-12(10)15;2-1(3,4)5/h4-9H2,1-3H3;2-4H. The Bertz CT molecular complexity index is 388. The first-order valence-corrected chi connectivity index (χ1v) is 7.96. The van der Waals surface area contributed by atoms with Crippen molar-refractivity contribution in [3.8, 4) is 0 Å². The van der Waals surface area contributed by atoms with Crippen LogP contribution >= 0.6 is 0 Å². The van der Waals surface area contributed by atoms with Crippen molar-refractivity contribution in [2.24, 2.45) is 5.41 Å². The number of Topliss-reactive ketones (excluding diaryl/α,β-unsaturated/α-hetero) is 1. The first-order chi connectivity index (χ1) is 8.99. The Hall–Kier alpha value is -0.660. The number of rotatable bonds is 1. The van der Waals surface area contributed by atoms with Crippen molar-refractivity contribution in [1.29, 1.82) is 0 Å². The fourth-order valence-electron chi connectivity index (χ4n) is 2.71. The van der Waals surface area contributed by atoms with Crippen molar-refractivity contribution < 1.29 is 33.7 Å². The second-order valence-electron chi connectivity index (χ2n) is 6.14. The quantitative estimate of drug-likeness (QED) is 0.624. The van der Waals surface area contributed by atoms with E-state index in [-0.39, 0.29) is 5.41 Å². The summed E-state index contributed by atoms with van der Waals surface area (Å²) in [6, 6.07) is 0. The molecule has 0 radical (unpaired) electrons. The van der Waals surface area contributed by atoms with Crippen molar-refractivity contribution >= 4 is 5.78 Å². The minimum atomic E-state index is -4.19. The van der Waals surface area contributed by atoms with Crippen molar-refractivity contribution in [2.75, 3.05) is 13.1 Å². The van der Waals surface area contributed by atoms with Crippen molar-refractivity contribution in [2.45, 2.75) is 46.5 Å². The van der Waals surface area contributed by atoms with Gasteiger partial charge in [-0.1, -0.05) is 13.8 Å². The Morgan fingerprint density at radius 3 is 2.05 bits per heavy atom. The number of hydrogen-bond acceptors (Lipinski definition) is 6. The van der Waals surface area contributed by atoms with E-state index in [0.717, 1.165) is 31.5 Å². The molecule has 1 aliphatic heterocycles. The Morgan fingerprint density at radius 2 is 1.60 bits per heavy atom. The molecule has 3 N–H and O–H groups in total. The van der Waals surface area contributed by atoms with Crippen molar-refractivity contribution in [3.63, 3.8) is 0 Å². The predicted octanol–water partition coefficient (Wildman–Crippen LogP) is -0.115. The SMILES string of the molecule is CC1=C(N2CCCC2)CC(C)(C)CC1=O.[O-][Cl+](O)(O)O. The number of hydrogen-bond donors (Lipinski definition) is 3. The van der Waals surface area contributed by atoms with Gasteiger partial charge in [-0.15, -0.1) is 0 Å². The third-order valence-corrected chi connectivity index (χ3v) is 3.62. The van der Waals surface area contributed by atoms with Crippen molar-refractivity contribution in [1.82, 2.24) is 4.90 Å². The first-order valence-electron chi connectivity index (χ1n) is 6.64. The molecule has 2 aliphatic rings. The summed E-state index contributed by atoms with van der Waals surface area (Å²) in [5, 5.41) is 0. The van der Waals surface area contributed by atoms with Crippen LogP contribution in [-0.2, 0) is 4.79 Å². The van der Waals surface area contributed by atoms with Gasteiger partial charge >= 0.3 is 28.9 Å². The zero-order valence-corrected chi connectivity index (χ0v) is 13.0. The van der Waals surface area contributed by atoms with Crippen LogP contribution in [0.2, 0.25) is 0 Å². The average molecular weight is 310 g/mol. The molecule has 1 aliphatic carbocycles. The van der Waals surface area contributed by atoms with E-state index in [1.165, 1.54) is 18.5 Å². The molecule has 0 aromatic heterocycles. The molecule has 0 spiro atoms. The van der Waals surface area contributed by atoms with Crippen LogP contribution in [0.4, 0.5) is 0 Å². The van der Waals surface area contributed by atoms with Gasteiger partial charge in [0, 0.05) is 30.8 Å². The van der Waals surface area contributed by atoms with E-state index in [9.17, 15) is 4.79 Å². The van der Waals surface area contributed by atoms with Crippen LogP contribution in [0.15, 0.2) is 11.3 Å². The van der Waals surface area contributed by atoms with Crippen LogP contribution in [0.3, 0.4) is 0 Å². The van der Waals surface area contributed by atoms with Crippen LogP contribution in [0, 0.1) is 15.7 Å². The third kappa shape index (κ3) is 5.76. The first kappa shape index (κ1) is 17.4. The molecule has 1 heterocycles. The fourth-order valence-corrected chi connectivity index (χ4v) is 2.71. The summed E-state index contributed by atoms with van der Waals surface area (Å²) < 4.78 is 30.2. The molecule has 0 unspecified atom stereocenters. The number of carbonyl (C=O) groups is 1. The molecule has 1 saturated heterocycles. The van der Waals surface area contributed by atoms with Crippen LogP contribution in [-0.4, -0.2) is 37.7 Å². The summed E-state index contributed by atoms with van der Waals surface area (Å²) in [6.45, 7) is 8.71. The molecule has 1 fully saturated rings. The van der Waals surface area contributed by atoms with E-state index >= 15 is 0 Å². The van der Waals surface area contributed by atoms with Crippen LogP contribution in [0.5, 0.6) is 0 Å². The number of likely N-dealkylation sites (tertiary alicyclic amines) is 1. The van der Waals surface area contributed by atoms with Crippen LogP contribution in [0.25, 0.3) is 0 Å². The molecule has 20 heavy (non-hydrogen) atoms. The predicted molar refractivity (Wildman–Crippen MR) is 68.2 cm³/mol. The second kappa shape index (κ2) is 6.41. The molecule has 0 atom stereocenters. The number of allylic oxidation sites excluding steroid dienone is 2. The van der Waals surface area contributed by atoms with Crippen LogP contribution < -0.4 is 4.66 Å². The third-order valence-electron chi connectivity index (χ3n) is 3.62. The van der Waals surface area contributed by atoms with E-state index in [0.29, 0.717) is 5.78 Å². The van der Waals surface area contributed by atoms with Gasteiger partial charge in [-0.05, 0) is 31.6 Å². The van der Waals surface area contributed by atoms with Gasteiger partial charge in [0.15, 0.2) is 5.78 Å².